The van der Waals surface area contributed by atoms with Gasteiger partial charge in [0.05, 0.1) is 12.8 Å². The SMILES string of the molecule is CCOc1ccc(Cl)cc1/C=N\NC(=O)c1ccc(Br)cc1. The highest BCUT2D eigenvalue weighted by molar-refractivity contribution is 9.10. The molecule has 0 heterocycles. The number of nitrogens with one attached hydrogen (secondary N) is 1. The highest BCUT2D eigenvalue weighted by atomic mass is 79.9. The summed E-state index contributed by atoms with van der Waals surface area (Å²) in [7, 11) is 0. The Labute approximate surface area is 142 Å². The third-order valence-corrected chi connectivity index (χ3v) is 3.51. The van der Waals surface area contributed by atoms with Gasteiger partial charge in [-0.15, -0.1) is 0 Å². The van der Waals surface area contributed by atoms with E-state index >= 15 is 0 Å². The van der Waals surface area contributed by atoms with Gasteiger partial charge in [0.15, 0.2) is 0 Å². The van der Waals surface area contributed by atoms with Gasteiger partial charge in [0.2, 0.25) is 0 Å². The van der Waals surface area contributed by atoms with Crippen molar-refractivity contribution in [3.63, 3.8) is 0 Å². The quantitative estimate of drug-likeness (QED) is 0.621. The zero-order valence-corrected chi connectivity index (χ0v) is 14.2. The van der Waals surface area contributed by atoms with Crippen LogP contribution in [0.25, 0.3) is 0 Å². The molecule has 1 amide bonds. The number of ether oxygens (including phenoxy) is 1. The molecule has 2 aromatic rings. The van der Waals surface area contributed by atoms with Crippen molar-refractivity contribution in [3.05, 3.63) is 63.1 Å². The lowest BCUT2D eigenvalue weighted by atomic mass is 10.2. The van der Waals surface area contributed by atoms with E-state index in [1.165, 1.54) is 6.21 Å². The predicted octanol–water partition coefficient (Wildman–Crippen LogP) is 4.27. The maximum Gasteiger partial charge on any atom is 0.271 e. The van der Waals surface area contributed by atoms with Gasteiger partial charge in [-0.2, -0.15) is 5.10 Å². The summed E-state index contributed by atoms with van der Waals surface area (Å²) in [6.07, 6.45) is 1.51. The normalized spacial score (nSPS) is 10.7. The van der Waals surface area contributed by atoms with E-state index < -0.39 is 0 Å². The number of rotatable bonds is 5. The summed E-state index contributed by atoms with van der Waals surface area (Å²) >= 11 is 9.28. The van der Waals surface area contributed by atoms with Crippen LogP contribution in [-0.2, 0) is 0 Å². The van der Waals surface area contributed by atoms with Gasteiger partial charge in [-0.05, 0) is 49.4 Å². The molecule has 2 aromatic carbocycles. The Morgan fingerprint density at radius 2 is 2.05 bits per heavy atom. The molecule has 114 valence electrons. The van der Waals surface area contributed by atoms with Crippen molar-refractivity contribution in [1.82, 2.24) is 5.43 Å². The first-order chi connectivity index (χ1) is 10.6. The molecule has 0 saturated carbocycles. The van der Waals surface area contributed by atoms with Crippen molar-refractivity contribution in [1.29, 1.82) is 0 Å². The predicted molar refractivity (Wildman–Crippen MR) is 91.8 cm³/mol. The number of carbonyl (C=O) groups is 1. The first-order valence-electron chi connectivity index (χ1n) is 6.61. The van der Waals surface area contributed by atoms with Crippen molar-refractivity contribution in [3.8, 4) is 5.75 Å². The lowest BCUT2D eigenvalue weighted by Crippen LogP contribution is -2.17. The summed E-state index contributed by atoms with van der Waals surface area (Å²) in [4.78, 5) is 11.9. The van der Waals surface area contributed by atoms with Gasteiger partial charge in [-0.3, -0.25) is 4.79 Å². The van der Waals surface area contributed by atoms with Crippen molar-refractivity contribution >= 4 is 39.7 Å². The van der Waals surface area contributed by atoms with Crippen molar-refractivity contribution in [2.45, 2.75) is 6.92 Å². The first kappa shape index (κ1) is 16.5. The fourth-order valence-corrected chi connectivity index (χ4v) is 2.18. The molecule has 0 atom stereocenters. The highest BCUT2D eigenvalue weighted by Gasteiger charge is 2.05. The number of halogens is 2. The average molecular weight is 382 g/mol. The molecular formula is C16H14BrClN2O2. The van der Waals surface area contributed by atoms with Gasteiger partial charge >= 0.3 is 0 Å². The van der Waals surface area contributed by atoms with E-state index in [0.29, 0.717) is 28.5 Å². The van der Waals surface area contributed by atoms with Crippen LogP contribution in [0.1, 0.15) is 22.8 Å². The second-order valence-corrected chi connectivity index (χ2v) is 5.67. The fraction of sp³-hybridized carbons (Fsp3) is 0.125. The van der Waals surface area contributed by atoms with E-state index in [1.807, 2.05) is 6.92 Å². The maximum atomic E-state index is 11.9. The van der Waals surface area contributed by atoms with Crippen LogP contribution in [0.4, 0.5) is 0 Å². The number of amides is 1. The van der Waals surface area contributed by atoms with Crippen LogP contribution in [0.2, 0.25) is 5.02 Å². The summed E-state index contributed by atoms with van der Waals surface area (Å²) in [5.74, 6) is 0.372. The fourth-order valence-electron chi connectivity index (χ4n) is 1.73. The molecule has 0 aliphatic rings. The summed E-state index contributed by atoms with van der Waals surface area (Å²) in [6, 6.07) is 12.2. The first-order valence-corrected chi connectivity index (χ1v) is 7.78. The summed E-state index contributed by atoms with van der Waals surface area (Å²) in [5.41, 5.74) is 3.70. The van der Waals surface area contributed by atoms with Crippen LogP contribution < -0.4 is 10.2 Å². The van der Waals surface area contributed by atoms with E-state index in [0.717, 1.165) is 4.47 Å². The molecule has 0 fully saturated rings. The Hall–Kier alpha value is -1.85. The standard InChI is InChI=1S/C16H14BrClN2O2/c1-2-22-15-8-7-14(18)9-12(15)10-19-20-16(21)11-3-5-13(17)6-4-11/h3-10H,2H2,1H3,(H,20,21)/b19-10-. The molecule has 0 aliphatic heterocycles. The van der Waals surface area contributed by atoms with Gasteiger partial charge < -0.3 is 4.74 Å². The molecule has 4 nitrogen and oxygen atoms in total. The molecule has 0 spiro atoms. The summed E-state index contributed by atoms with van der Waals surface area (Å²) in [5, 5.41) is 4.52. The van der Waals surface area contributed by atoms with Gasteiger partial charge in [-0.1, -0.05) is 27.5 Å². The molecule has 22 heavy (non-hydrogen) atoms. The number of benzene rings is 2. The van der Waals surface area contributed by atoms with Crippen LogP contribution in [0.3, 0.4) is 0 Å². The van der Waals surface area contributed by atoms with Crippen molar-refractivity contribution in [2.75, 3.05) is 6.61 Å². The lowest BCUT2D eigenvalue weighted by molar-refractivity contribution is 0.0955. The molecule has 0 unspecified atom stereocenters. The van der Waals surface area contributed by atoms with E-state index in [9.17, 15) is 4.79 Å². The largest absolute Gasteiger partial charge is 0.493 e. The zero-order chi connectivity index (χ0) is 15.9. The Kier molecular flexibility index (Phi) is 5.98. The third-order valence-electron chi connectivity index (χ3n) is 2.75. The van der Waals surface area contributed by atoms with Crippen molar-refractivity contribution < 1.29 is 9.53 Å². The molecule has 0 radical (unpaired) electrons. The number of hydrogen-bond donors (Lipinski definition) is 1. The Bertz CT molecular complexity index is 687. The Morgan fingerprint density at radius 3 is 2.73 bits per heavy atom. The van der Waals surface area contributed by atoms with E-state index in [1.54, 1.807) is 42.5 Å². The minimum absolute atomic E-state index is 0.288. The molecule has 0 aliphatic carbocycles. The molecular weight excluding hydrogens is 368 g/mol. The van der Waals surface area contributed by atoms with Gasteiger partial charge in [0.25, 0.3) is 5.91 Å². The van der Waals surface area contributed by atoms with Crippen molar-refractivity contribution in [2.24, 2.45) is 5.10 Å². The summed E-state index contributed by atoms with van der Waals surface area (Å²) < 4.78 is 6.39. The van der Waals surface area contributed by atoms with Gasteiger partial charge in [0, 0.05) is 20.6 Å². The van der Waals surface area contributed by atoms with Gasteiger partial charge in [0.1, 0.15) is 5.75 Å². The van der Waals surface area contributed by atoms with Gasteiger partial charge in [-0.25, -0.2) is 5.43 Å². The smallest absolute Gasteiger partial charge is 0.271 e. The van der Waals surface area contributed by atoms with E-state index in [2.05, 4.69) is 26.5 Å². The number of carbonyl (C=O) groups excluding carboxylic acids is 1. The van der Waals surface area contributed by atoms with Crippen LogP contribution in [0.5, 0.6) is 5.75 Å². The molecule has 0 saturated heterocycles. The van der Waals surface area contributed by atoms with Crippen LogP contribution in [0.15, 0.2) is 52.0 Å². The Morgan fingerprint density at radius 1 is 1.32 bits per heavy atom. The monoisotopic (exact) mass is 380 g/mol. The molecule has 0 aromatic heterocycles. The Balaban J connectivity index is 2.07. The highest BCUT2D eigenvalue weighted by Crippen LogP contribution is 2.21. The molecule has 1 N–H and O–H groups in total. The number of hydrogen-bond acceptors (Lipinski definition) is 3. The number of nitrogens with zero attached hydrogens (tertiary/aromatic N) is 1. The van der Waals surface area contributed by atoms with E-state index in [4.69, 9.17) is 16.3 Å². The van der Waals surface area contributed by atoms with Crippen LogP contribution in [-0.4, -0.2) is 18.7 Å². The van der Waals surface area contributed by atoms with E-state index in [-0.39, 0.29) is 5.91 Å². The lowest BCUT2D eigenvalue weighted by Gasteiger charge is -2.07. The molecule has 2 rings (SSSR count). The second-order valence-electron chi connectivity index (χ2n) is 4.32. The molecule has 6 heteroatoms. The van der Waals surface area contributed by atoms with Crippen LogP contribution >= 0.6 is 27.5 Å². The zero-order valence-electron chi connectivity index (χ0n) is 11.8. The number of hydrazone groups is 1. The van der Waals surface area contributed by atoms with Crippen LogP contribution in [0, 0.1) is 0 Å². The third kappa shape index (κ3) is 4.58. The minimum atomic E-state index is -0.288. The minimum Gasteiger partial charge on any atom is -0.493 e. The summed E-state index contributed by atoms with van der Waals surface area (Å²) in [6.45, 7) is 2.43. The maximum absolute atomic E-state index is 11.9. The topological polar surface area (TPSA) is 50.7 Å². The molecule has 0 bridgehead atoms. The average Bonchev–Trinajstić information content (AvgIpc) is 2.50. The second kappa shape index (κ2) is 7.96.